The minimum Gasteiger partial charge on any atom is -0.338 e. The zero-order valence-corrected chi connectivity index (χ0v) is 11.1. The Hall–Kier alpha value is -1.84. The van der Waals surface area contributed by atoms with Crippen LogP contribution < -0.4 is 10.2 Å². The second kappa shape index (κ2) is 4.37. The number of anilines is 1. The molecule has 1 N–H and O–H groups in total. The fourth-order valence-electron chi connectivity index (χ4n) is 3.24. The molecule has 0 unspecified atom stereocenters. The lowest BCUT2D eigenvalue weighted by molar-refractivity contribution is -0.124. The van der Waals surface area contributed by atoms with Crippen LogP contribution in [-0.2, 0) is 4.79 Å². The molecule has 1 aromatic carbocycles. The van der Waals surface area contributed by atoms with Crippen LogP contribution in [0.15, 0.2) is 24.3 Å². The van der Waals surface area contributed by atoms with Gasteiger partial charge in [-0.3, -0.25) is 9.59 Å². The summed E-state index contributed by atoms with van der Waals surface area (Å²) in [4.78, 5) is 27.0. The molecule has 2 amide bonds. The molecular formula is C15H18N2O2. The number of amides is 2. The summed E-state index contributed by atoms with van der Waals surface area (Å²) in [6.45, 7) is 2.54. The first-order chi connectivity index (χ1) is 9.18. The van der Waals surface area contributed by atoms with Crippen LogP contribution in [0, 0.1) is 0 Å². The second-order valence-electron chi connectivity index (χ2n) is 5.31. The van der Waals surface area contributed by atoms with E-state index >= 15 is 0 Å². The lowest BCUT2D eigenvalue weighted by Crippen LogP contribution is -2.56. The van der Waals surface area contributed by atoms with E-state index in [0.717, 1.165) is 31.4 Å². The van der Waals surface area contributed by atoms with Gasteiger partial charge in [-0.25, -0.2) is 0 Å². The molecule has 19 heavy (non-hydrogen) atoms. The molecule has 0 bridgehead atoms. The SMILES string of the molecule is CCN1C(=O)C2(CCCC2)NC(=O)c2ccccc21. The van der Waals surface area contributed by atoms with Crippen LogP contribution in [0.5, 0.6) is 0 Å². The van der Waals surface area contributed by atoms with Crippen LogP contribution in [0.1, 0.15) is 43.0 Å². The number of likely N-dealkylation sites (N-methyl/N-ethyl adjacent to an activating group) is 1. The molecule has 1 spiro atoms. The van der Waals surface area contributed by atoms with Crippen molar-refractivity contribution in [1.82, 2.24) is 5.32 Å². The van der Waals surface area contributed by atoms with E-state index in [2.05, 4.69) is 5.32 Å². The number of fused-ring (bicyclic) bond motifs is 1. The zero-order valence-electron chi connectivity index (χ0n) is 11.1. The van der Waals surface area contributed by atoms with Gasteiger partial charge in [0.05, 0.1) is 11.3 Å². The Kier molecular flexibility index (Phi) is 2.81. The summed E-state index contributed by atoms with van der Waals surface area (Å²) < 4.78 is 0. The molecule has 0 radical (unpaired) electrons. The molecule has 1 fully saturated rings. The Balaban J connectivity index is 2.13. The molecule has 1 saturated carbocycles. The van der Waals surface area contributed by atoms with Gasteiger partial charge in [-0.1, -0.05) is 25.0 Å². The summed E-state index contributed by atoms with van der Waals surface area (Å²) in [6, 6.07) is 7.34. The van der Waals surface area contributed by atoms with Crippen molar-refractivity contribution in [2.45, 2.75) is 38.1 Å². The van der Waals surface area contributed by atoms with E-state index in [4.69, 9.17) is 0 Å². The van der Waals surface area contributed by atoms with Gasteiger partial charge in [0.1, 0.15) is 5.54 Å². The van der Waals surface area contributed by atoms with Crippen molar-refractivity contribution in [3.8, 4) is 0 Å². The molecule has 1 heterocycles. The third-order valence-electron chi connectivity index (χ3n) is 4.22. The van der Waals surface area contributed by atoms with E-state index in [1.54, 1.807) is 11.0 Å². The van der Waals surface area contributed by atoms with Crippen molar-refractivity contribution >= 4 is 17.5 Å². The molecule has 3 rings (SSSR count). The van der Waals surface area contributed by atoms with Gasteiger partial charge in [0.15, 0.2) is 0 Å². The molecular weight excluding hydrogens is 240 g/mol. The summed E-state index contributed by atoms with van der Waals surface area (Å²) in [5.41, 5.74) is 0.657. The average Bonchev–Trinajstić information content (AvgIpc) is 2.86. The predicted molar refractivity (Wildman–Crippen MR) is 73.1 cm³/mol. The predicted octanol–water partition coefficient (Wildman–Crippen LogP) is 2.10. The Morgan fingerprint density at radius 1 is 1.21 bits per heavy atom. The molecule has 0 saturated heterocycles. The van der Waals surface area contributed by atoms with Gasteiger partial charge in [-0.15, -0.1) is 0 Å². The average molecular weight is 258 g/mol. The number of benzene rings is 1. The Labute approximate surface area is 112 Å². The van der Waals surface area contributed by atoms with Crippen LogP contribution in [0.3, 0.4) is 0 Å². The standard InChI is InChI=1S/C15H18N2O2/c1-2-17-12-8-4-3-7-11(12)13(18)16-15(14(17)19)9-5-6-10-15/h3-4,7-8H,2,5-6,9-10H2,1H3,(H,16,18). The van der Waals surface area contributed by atoms with Crippen LogP contribution in [-0.4, -0.2) is 23.9 Å². The highest BCUT2D eigenvalue weighted by molar-refractivity contribution is 6.12. The smallest absolute Gasteiger partial charge is 0.254 e. The quantitative estimate of drug-likeness (QED) is 0.838. The summed E-state index contributed by atoms with van der Waals surface area (Å²) in [7, 11) is 0. The maximum Gasteiger partial charge on any atom is 0.254 e. The number of nitrogens with one attached hydrogen (secondary N) is 1. The van der Waals surface area contributed by atoms with Crippen molar-refractivity contribution < 1.29 is 9.59 Å². The van der Waals surface area contributed by atoms with E-state index in [-0.39, 0.29) is 11.8 Å². The van der Waals surface area contributed by atoms with E-state index in [1.165, 1.54) is 0 Å². The number of rotatable bonds is 1. The number of nitrogens with zero attached hydrogens (tertiary/aromatic N) is 1. The van der Waals surface area contributed by atoms with Gasteiger partial charge >= 0.3 is 0 Å². The topological polar surface area (TPSA) is 49.4 Å². The largest absolute Gasteiger partial charge is 0.338 e. The monoisotopic (exact) mass is 258 g/mol. The van der Waals surface area contributed by atoms with Crippen LogP contribution >= 0.6 is 0 Å². The first-order valence-corrected chi connectivity index (χ1v) is 6.91. The molecule has 4 heteroatoms. The zero-order chi connectivity index (χ0) is 13.5. The number of para-hydroxylation sites is 1. The van der Waals surface area contributed by atoms with E-state index in [0.29, 0.717) is 12.1 Å². The van der Waals surface area contributed by atoms with Gasteiger partial charge in [-0.05, 0) is 31.9 Å². The van der Waals surface area contributed by atoms with E-state index in [1.807, 2.05) is 25.1 Å². The minimum absolute atomic E-state index is 0.0470. The normalized spacial score (nSPS) is 21.2. The fourth-order valence-corrected chi connectivity index (χ4v) is 3.24. The molecule has 0 atom stereocenters. The molecule has 0 aromatic heterocycles. The lowest BCUT2D eigenvalue weighted by Gasteiger charge is -2.31. The fraction of sp³-hybridized carbons (Fsp3) is 0.467. The number of hydrogen-bond donors (Lipinski definition) is 1. The van der Waals surface area contributed by atoms with Crippen molar-refractivity contribution in [3.05, 3.63) is 29.8 Å². The van der Waals surface area contributed by atoms with Gasteiger partial charge in [0.2, 0.25) is 0 Å². The number of carbonyl (C=O) groups is 2. The van der Waals surface area contributed by atoms with Crippen molar-refractivity contribution in [2.24, 2.45) is 0 Å². The molecule has 100 valence electrons. The number of hydrogen-bond acceptors (Lipinski definition) is 2. The van der Waals surface area contributed by atoms with Crippen LogP contribution in [0.2, 0.25) is 0 Å². The van der Waals surface area contributed by atoms with E-state index < -0.39 is 5.54 Å². The third-order valence-corrected chi connectivity index (χ3v) is 4.22. The highest BCUT2D eigenvalue weighted by Gasteiger charge is 2.47. The van der Waals surface area contributed by atoms with Gasteiger partial charge in [-0.2, -0.15) is 0 Å². The van der Waals surface area contributed by atoms with Gasteiger partial charge in [0.25, 0.3) is 11.8 Å². The first kappa shape index (κ1) is 12.2. The number of carbonyl (C=O) groups excluding carboxylic acids is 2. The molecule has 1 aromatic rings. The van der Waals surface area contributed by atoms with Crippen molar-refractivity contribution in [2.75, 3.05) is 11.4 Å². The molecule has 2 aliphatic rings. The Morgan fingerprint density at radius 2 is 1.89 bits per heavy atom. The summed E-state index contributed by atoms with van der Waals surface area (Å²) >= 11 is 0. The first-order valence-electron chi connectivity index (χ1n) is 6.91. The van der Waals surface area contributed by atoms with Crippen molar-refractivity contribution in [3.63, 3.8) is 0 Å². The van der Waals surface area contributed by atoms with Crippen molar-refractivity contribution in [1.29, 1.82) is 0 Å². The molecule has 4 nitrogen and oxygen atoms in total. The summed E-state index contributed by atoms with van der Waals surface area (Å²) in [5, 5.41) is 2.99. The summed E-state index contributed by atoms with van der Waals surface area (Å²) in [6.07, 6.45) is 3.50. The van der Waals surface area contributed by atoms with Crippen LogP contribution in [0.4, 0.5) is 5.69 Å². The van der Waals surface area contributed by atoms with Gasteiger partial charge < -0.3 is 10.2 Å². The highest BCUT2D eigenvalue weighted by Crippen LogP contribution is 2.36. The molecule has 1 aliphatic carbocycles. The van der Waals surface area contributed by atoms with E-state index in [9.17, 15) is 9.59 Å². The van der Waals surface area contributed by atoms with Gasteiger partial charge in [0, 0.05) is 6.54 Å². The Bertz CT molecular complexity index is 533. The maximum absolute atomic E-state index is 12.8. The van der Waals surface area contributed by atoms with Crippen LogP contribution in [0.25, 0.3) is 0 Å². The maximum atomic E-state index is 12.8. The highest BCUT2D eigenvalue weighted by atomic mass is 16.2. The molecule has 1 aliphatic heterocycles. The third kappa shape index (κ3) is 1.74. The second-order valence-corrected chi connectivity index (χ2v) is 5.31. The Morgan fingerprint density at radius 3 is 2.58 bits per heavy atom. The lowest BCUT2D eigenvalue weighted by atomic mass is 9.96. The minimum atomic E-state index is -0.674. The summed E-state index contributed by atoms with van der Waals surface area (Å²) in [5.74, 6) is -0.0763.